The summed E-state index contributed by atoms with van der Waals surface area (Å²) in [6.45, 7) is 2.24. The minimum Gasteiger partial charge on any atom is -0.357 e. The van der Waals surface area contributed by atoms with Gasteiger partial charge in [-0.05, 0) is 81.6 Å². The molecule has 2 heteroatoms. The standard InChI is InChI=1S/C36H26N2.C13H14/c1-3-11-24(12-4-1)26-21-27(25-13-5-2-6-14-25)23-28(22-26)38-33-18-10-8-16-31(33)35-34(38)20-19-30-29-15-7-9-17-32(29)37-36(30)35;1-11-7-9-13(10-8-11)12-5-3-2-4-6-12/h1-23,34-35,37H;2-7,9-11H,8H2,1H3. The van der Waals surface area contributed by atoms with Crippen LogP contribution >= 0.6 is 0 Å². The Hall–Kier alpha value is -6.12. The highest BCUT2D eigenvalue weighted by Gasteiger charge is 2.42. The Kier molecular flexibility index (Phi) is 8.06. The van der Waals surface area contributed by atoms with Gasteiger partial charge in [-0.1, -0.05) is 165 Å². The van der Waals surface area contributed by atoms with E-state index in [9.17, 15) is 0 Å². The number of H-pyrrole nitrogens is 1. The predicted molar refractivity (Wildman–Crippen MR) is 216 cm³/mol. The SMILES string of the molecule is C1=CC2C(c3ccccc3N2c2cc(-c3ccccc3)cc(-c3ccccc3)c2)c2[nH]c3ccccc3c21.CC1C=CC(c2ccccc2)=CC1. The van der Waals surface area contributed by atoms with Gasteiger partial charge in [0.15, 0.2) is 0 Å². The monoisotopic (exact) mass is 656 g/mol. The molecule has 0 bridgehead atoms. The molecular weight excluding hydrogens is 617 g/mol. The van der Waals surface area contributed by atoms with Crippen molar-refractivity contribution in [2.24, 2.45) is 5.92 Å². The third-order valence-electron chi connectivity index (χ3n) is 10.6. The summed E-state index contributed by atoms with van der Waals surface area (Å²) >= 11 is 0. The lowest BCUT2D eigenvalue weighted by Crippen LogP contribution is -2.30. The molecule has 2 nitrogen and oxygen atoms in total. The maximum Gasteiger partial charge on any atom is 0.0650 e. The zero-order chi connectivity index (χ0) is 34.1. The van der Waals surface area contributed by atoms with Crippen molar-refractivity contribution in [3.8, 4) is 22.3 Å². The number of hydrogen-bond acceptors (Lipinski definition) is 1. The summed E-state index contributed by atoms with van der Waals surface area (Å²) in [6, 6.07) is 56.8. The summed E-state index contributed by atoms with van der Waals surface area (Å²) in [5, 5.41) is 1.30. The molecule has 2 aliphatic carbocycles. The number of allylic oxidation sites excluding steroid dienone is 4. The van der Waals surface area contributed by atoms with Crippen molar-refractivity contribution in [2.45, 2.75) is 25.3 Å². The highest BCUT2D eigenvalue weighted by Crippen LogP contribution is 2.52. The van der Waals surface area contributed by atoms with Crippen LogP contribution in [-0.2, 0) is 0 Å². The number of anilines is 2. The van der Waals surface area contributed by atoms with Gasteiger partial charge in [0, 0.05) is 33.5 Å². The molecule has 3 unspecified atom stereocenters. The summed E-state index contributed by atoms with van der Waals surface area (Å²) in [4.78, 5) is 6.34. The molecule has 3 aliphatic rings. The van der Waals surface area contributed by atoms with Gasteiger partial charge in [0.1, 0.15) is 0 Å². The van der Waals surface area contributed by atoms with Gasteiger partial charge in [0.25, 0.3) is 0 Å². The van der Waals surface area contributed by atoms with Crippen LogP contribution < -0.4 is 4.90 Å². The number of nitrogens with zero attached hydrogens (tertiary/aromatic N) is 1. The molecule has 0 fully saturated rings. The van der Waals surface area contributed by atoms with Crippen molar-refractivity contribution in [3.05, 3.63) is 204 Å². The van der Waals surface area contributed by atoms with Gasteiger partial charge in [0.2, 0.25) is 0 Å². The molecule has 0 saturated carbocycles. The second-order valence-corrected chi connectivity index (χ2v) is 13.9. The molecule has 6 aromatic carbocycles. The Bertz CT molecular complexity index is 2360. The topological polar surface area (TPSA) is 19.0 Å². The van der Waals surface area contributed by atoms with Crippen LogP contribution in [0.15, 0.2) is 182 Å². The first kappa shape index (κ1) is 30.9. The minimum absolute atomic E-state index is 0.197. The summed E-state index contributed by atoms with van der Waals surface area (Å²) < 4.78 is 0. The highest BCUT2D eigenvalue weighted by atomic mass is 15.2. The van der Waals surface area contributed by atoms with E-state index in [1.54, 1.807) is 0 Å². The van der Waals surface area contributed by atoms with Gasteiger partial charge in [-0.2, -0.15) is 0 Å². The molecule has 0 radical (unpaired) electrons. The van der Waals surface area contributed by atoms with Crippen molar-refractivity contribution >= 4 is 33.9 Å². The number of fused-ring (bicyclic) bond motifs is 7. The van der Waals surface area contributed by atoms with Crippen molar-refractivity contribution < 1.29 is 0 Å². The predicted octanol–water partition coefficient (Wildman–Crippen LogP) is 12.8. The Morgan fingerprint density at radius 2 is 1.18 bits per heavy atom. The Morgan fingerprint density at radius 3 is 1.84 bits per heavy atom. The lowest BCUT2D eigenvalue weighted by molar-refractivity contribution is 0.710. The Morgan fingerprint density at radius 1 is 0.569 bits per heavy atom. The average molecular weight is 657 g/mol. The molecule has 0 spiro atoms. The van der Waals surface area contributed by atoms with Crippen LogP contribution in [0.5, 0.6) is 0 Å². The molecular formula is C49H40N2. The van der Waals surface area contributed by atoms with E-state index >= 15 is 0 Å². The van der Waals surface area contributed by atoms with Gasteiger partial charge in [-0.3, -0.25) is 0 Å². The van der Waals surface area contributed by atoms with Crippen LogP contribution in [-0.4, -0.2) is 11.0 Å². The smallest absolute Gasteiger partial charge is 0.0650 e. The number of para-hydroxylation sites is 2. The second kappa shape index (κ2) is 13.3. The normalized spacial score (nSPS) is 18.3. The average Bonchev–Trinajstić information content (AvgIpc) is 3.75. The van der Waals surface area contributed by atoms with Crippen molar-refractivity contribution in [1.82, 2.24) is 4.98 Å². The van der Waals surface area contributed by atoms with E-state index in [1.807, 2.05) is 0 Å². The summed E-state index contributed by atoms with van der Waals surface area (Å²) in [6.07, 6.45) is 12.7. The highest BCUT2D eigenvalue weighted by molar-refractivity contribution is 5.94. The first-order chi connectivity index (χ1) is 25.2. The van der Waals surface area contributed by atoms with E-state index in [-0.39, 0.29) is 12.0 Å². The lowest BCUT2D eigenvalue weighted by atomic mass is 9.85. The molecule has 3 atom stereocenters. The van der Waals surface area contributed by atoms with E-state index in [2.05, 4.69) is 205 Å². The Balaban J connectivity index is 0.000000226. The van der Waals surface area contributed by atoms with E-state index in [1.165, 1.54) is 78.9 Å². The van der Waals surface area contributed by atoms with E-state index in [0.717, 1.165) is 0 Å². The zero-order valence-electron chi connectivity index (χ0n) is 28.8. The van der Waals surface area contributed by atoms with E-state index in [0.29, 0.717) is 5.92 Å². The fraction of sp³-hybridized carbons (Fsp3) is 0.102. The van der Waals surface area contributed by atoms with Crippen molar-refractivity contribution in [3.63, 3.8) is 0 Å². The molecule has 0 saturated heterocycles. The van der Waals surface area contributed by atoms with Gasteiger partial charge < -0.3 is 9.88 Å². The maximum atomic E-state index is 3.80. The maximum absolute atomic E-state index is 3.80. The third kappa shape index (κ3) is 5.83. The van der Waals surface area contributed by atoms with Gasteiger partial charge in [-0.15, -0.1) is 0 Å². The van der Waals surface area contributed by atoms with Gasteiger partial charge >= 0.3 is 0 Å². The molecule has 1 aliphatic heterocycles. The molecule has 0 amide bonds. The lowest BCUT2D eigenvalue weighted by Gasteiger charge is -2.31. The number of nitrogens with one attached hydrogen (secondary N) is 1. The van der Waals surface area contributed by atoms with Crippen molar-refractivity contribution in [1.29, 1.82) is 0 Å². The molecule has 7 aromatic rings. The summed E-state index contributed by atoms with van der Waals surface area (Å²) in [7, 11) is 0. The number of aromatic nitrogens is 1. The first-order valence-corrected chi connectivity index (χ1v) is 18.1. The van der Waals surface area contributed by atoms with E-state index in [4.69, 9.17) is 0 Å². The zero-order valence-corrected chi connectivity index (χ0v) is 28.8. The molecule has 246 valence electrons. The van der Waals surface area contributed by atoms with Crippen LogP contribution in [0.4, 0.5) is 11.4 Å². The molecule has 10 rings (SSSR count). The Labute approximate surface area is 300 Å². The number of aromatic amines is 1. The fourth-order valence-corrected chi connectivity index (χ4v) is 8.02. The quantitative estimate of drug-likeness (QED) is 0.200. The second-order valence-electron chi connectivity index (χ2n) is 13.9. The van der Waals surface area contributed by atoms with Crippen LogP contribution in [0, 0.1) is 5.92 Å². The number of benzene rings is 6. The summed E-state index contributed by atoms with van der Waals surface area (Å²) in [5.74, 6) is 0.951. The molecule has 2 heterocycles. The van der Waals surface area contributed by atoms with Crippen LogP contribution in [0.2, 0.25) is 0 Å². The number of hydrogen-bond donors (Lipinski definition) is 1. The van der Waals surface area contributed by atoms with Crippen LogP contribution in [0.3, 0.4) is 0 Å². The van der Waals surface area contributed by atoms with Crippen molar-refractivity contribution in [2.75, 3.05) is 4.90 Å². The molecule has 1 N–H and O–H groups in total. The number of rotatable bonds is 4. The van der Waals surface area contributed by atoms with Crippen LogP contribution in [0.1, 0.15) is 41.6 Å². The van der Waals surface area contributed by atoms with Crippen LogP contribution in [0.25, 0.3) is 44.8 Å². The van der Waals surface area contributed by atoms with Gasteiger partial charge in [-0.25, -0.2) is 0 Å². The largest absolute Gasteiger partial charge is 0.357 e. The summed E-state index contributed by atoms with van der Waals surface area (Å²) in [5.41, 5.74) is 15.3. The van der Waals surface area contributed by atoms with E-state index < -0.39 is 0 Å². The van der Waals surface area contributed by atoms with Gasteiger partial charge in [0.05, 0.1) is 12.0 Å². The first-order valence-electron chi connectivity index (χ1n) is 18.1. The fourth-order valence-electron chi connectivity index (χ4n) is 8.02. The third-order valence-corrected chi connectivity index (χ3v) is 10.6. The minimum atomic E-state index is 0.197. The molecule has 1 aromatic heterocycles. The molecule has 51 heavy (non-hydrogen) atoms.